The quantitative estimate of drug-likeness (QED) is 0.340. The molecule has 0 aliphatic rings. The summed E-state index contributed by atoms with van der Waals surface area (Å²) in [4.78, 5) is 25.2. The van der Waals surface area contributed by atoms with Crippen LogP contribution in [0.5, 0.6) is 5.75 Å². The van der Waals surface area contributed by atoms with E-state index < -0.39 is 22.5 Å². The van der Waals surface area contributed by atoms with Crippen molar-refractivity contribution in [1.82, 2.24) is 4.57 Å². The Kier molecular flexibility index (Phi) is 7.39. The van der Waals surface area contributed by atoms with Gasteiger partial charge in [0.2, 0.25) is 5.91 Å². The zero-order chi connectivity index (χ0) is 26.0. The summed E-state index contributed by atoms with van der Waals surface area (Å²) in [6, 6.07) is 16.0. The SMILES string of the molecule is CCn1c(=O)sc2cc(NC(=O)CN(c3ccc(OC)c(Cl)c3)S(=O)(=O)c3ccc(C)cc3)ccc21. The summed E-state index contributed by atoms with van der Waals surface area (Å²) >= 11 is 7.35. The van der Waals surface area contributed by atoms with Crippen molar-refractivity contribution in [2.45, 2.75) is 25.3 Å². The predicted octanol–water partition coefficient (Wildman–Crippen LogP) is 4.89. The summed E-state index contributed by atoms with van der Waals surface area (Å²) in [5, 5.41) is 2.95. The molecular formula is C25H24ClN3O5S2. The van der Waals surface area contributed by atoms with Crippen molar-refractivity contribution in [1.29, 1.82) is 0 Å². The fraction of sp³-hybridized carbons (Fsp3) is 0.200. The van der Waals surface area contributed by atoms with Crippen molar-refractivity contribution in [3.63, 3.8) is 0 Å². The van der Waals surface area contributed by atoms with Crippen LogP contribution in [0.1, 0.15) is 12.5 Å². The van der Waals surface area contributed by atoms with E-state index in [1.807, 2.05) is 13.8 Å². The fourth-order valence-electron chi connectivity index (χ4n) is 3.74. The number of aromatic nitrogens is 1. The molecule has 1 aromatic heterocycles. The Morgan fingerprint density at radius 1 is 1.11 bits per heavy atom. The van der Waals surface area contributed by atoms with Gasteiger partial charge >= 0.3 is 4.87 Å². The molecule has 188 valence electrons. The minimum atomic E-state index is -4.10. The van der Waals surface area contributed by atoms with Crippen molar-refractivity contribution in [2.75, 3.05) is 23.3 Å². The first-order valence-corrected chi connectivity index (χ1v) is 13.6. The Balaban J connectivity index is 1.67. The van der Waals surface area contributed by atoms with Gasteiger partial charge in [-0.1, -0.05) is 40.6 Å². The summed E-state index contributed by atoms with van der Waals surface area (Å²) in [7, 11) is -2.65. The van der Waals surface area contributed by atoms with Crippen molar-refractivity contribution in [3.05, 3.63) is 80.9 Å². The average Bonchev–Trinajstić information content (AvgIpc) is 3.16. The monoisotopic (exact) mass is 545 g/mol. The summed E-state index contributed by atoms with van der Waals surface area (Å²) in [6.07, 6.45) is 0. The van der Waals surface area contributed by atoms with E-state index in [0.717, 1.165) is 31.4 Å². The second kappa shape index (κ2) is 10.3. The number of hydrogen-bond donors (Lipinski definition) is 1. The molecule has 4 rings (SSSR count). The van der Waals surface area contributed by atoms with Gasteiger partial charge in [-0.2, -0.15) is 0 Å². The van der Waals surface area contributed by atoms with Crippen LogP contribution in [0.15, 0.2) is 70.4 Å². The molecule has 0 fully saturated rings. The Hall–Kier alpha value is -3.34. The van der Waals surface area contributed by atoms with Gasteiger partial charge in [-0.05, 0) is 62.4 Å². The zero-order valence-electron chi connectivity index (χ0n) is 19.8. The molecule has 0 radical (unpaired) electrons. The molecule has 0 saturated heterocycles. The summed E-state index contributed by atoms with van der Waals surface area (Å²) in [5.41, 5.74) is 2.35. The number of halogens is 1. The third-order valence-corrected chi connectivity index (χ3v) is 8.61. The molecule has 3 aromatic carbocycles. The number of nitrogens with zero attached hydrogens (tertiary/aromatic N) is 2. The van der Waals surface area contributed by atoms with Gasteiger partial charge in [0.1, 0.15) is 12.3 Å². The lowest BCUT2D eigenvalue weighted by atomic mass is 10.2. The smallest absolute Gasteiger partial charge is 0.308 e. The van der Waals surface area contributed by atoms with Gasteiger partial charge in [0, 0.05) is 12.2 Å². The number of thiazole rings is 1. The molecule has 0 atom stereocenters. The van der Waals surface area contributed by atoms with E-state index in [-0.39, 0.29) is 20.5 Å². The van der Waals surface area contributed by atoms with Gasteiger partial charge in [0.15, 0.2) is 0 Å². The van der Waals surface area contributed by atoms with Crippen LogP contribution >= 0.6 is 22.9 Å². The summed E-state index contributed by atoms with van der Waals surface area (Å²) in [5.74, 6) is -0.178. The highest BCUT2D eigenvalue weighted by molar-refractivity contribution is 7.92. The first kappa shape index (κ1) is 25.7. The number of hydrogen-bond acceptors (Lipinski definition) is 6. The van der Waals surface area contributed by atoms with Crippen LogP contribution in [0.3, 0.4) is 0 Å². The minimum Gasteiger partial charge on any atom is -0.495 e. The lowest BCUT2D eigenvalue weighted by Crippen LogP contribution is -2.38. The second-order valence-electron chi connectivity index (χ2n) is 7.99. The highest BCUT2D eigenvalue weighted by Gasteiger charge is 2.28. The van der Waals surface area contributed by atoms with E-state index in [0.29, 0.717) is 18.0 Å². The normalized spacial score (nSPS) is 11.4. The van der Waals surface area contributed by atoms with Crippen LogP contribution < -0.4 is 19.2 Å². The van der Waals surface area contributed by atoms with Crippen LogP contribution in [0.25, 0.3) is 10.2 Å². The molecule has 4 aromatic rings. The molecule has 1 N–H and O–H groups in total. The van der Waals surface area contributed by atoms with Crippen molar-refractivity contribution in [3.8, 4) is 5.75 Å². The topological polar surface area (TPSA) is 97.7 Å². The number of benzene rings is 3. The van der Waals surface area contributed by atoms with Crippen LogP contribution in [0, 0.1) is 6.92 Å². The van der Waals surface area contributed by atoms with Gasteiger partial charge < -0.3 is 10.1 Å². The minimum absolute atomic E-state index is 0.0416. The van der Waals surface area contributed by atoms with Gasteiger partial charge in [-0.25, -0.2) is 8.42 Å². The number of carbonyl (C=O) groups excluding carboxylic acids is 1. The Labute approximate surface area is 217 Å². The lowest BCUT2D eigenvalue weighted by molar-refractivity contribution is -0.114. The van der Waals surface area contributed by atoms with Crippen molar-refractivity contribution < 1.29 is 17.9 Å². The maximum absolute atomic E-state index is 13.6. The zero-order valence-corrected chi connectivity index (χ0v) is 22.2. The summed E-state index contributed by atoms with van der Waals surface area (Å²) in [6.45, 7) is 3.79. The number of ether oxygens (including phenoxy) is 1. The molecule has 8 nitrogen and oxygen atoms in total. The molecule has 0 saturated carbocycles. The largest absolute Gasteiger partial charge is 0.495 e. The first-order chi connectivity index (χ1) is 17.1. The molecule has 0 spiro atoms. The van der Waals surface area contributed by atoms with E-state index >= 15 is 0 Å². The third-order valence-electron chi connectivity index (χ3n) is 5.59. The molecular weight excluding hydrogens is 522 g/mol. The van der Waals surface area contributed by atoms with Crippen LogP contribution in [-0.2, 0) is 21.4 Å². The van der Waals surface area contributed by atoms with E-state index in [4.69, 9.17) is 16.3 Å². The maximum atomic E-state index is 13.6. The molecule has 1 amide bonds. The van der Waals surface area contributed by atoms with Crippen molar-refractivity contribution in [2.24, 2.45) is 0 Å². The molecule has 0 unspecified atom stereocenters. The number of rotatable bonds is 8. The highest BCUT2D eigenvalue weighted by atomic mass is 35.5. The fourth-order valence-corrected chi connectivity index (χ4v) is 6.40. The number of fused-ring (bicyclic) bond motifs is 1. The maximum Gasteiger partial charge on any atom is 0.308 e. The molecule has 0 aliphatic carbocycles. The average molecular weight is 546 g/mol. The number of nitrogens with one attached hydrogen (secondary N) is 1. The summed E-state index contributed by atoms with van der Waals surface area (Å²) < 4.78 is 35.7. The van der Waals surface area contributed by atoms with Gasteiger partial charge in [0.25, 0.3) is 10.0 Å². The van der Waals surface area contributed by atoms with Crippen LogP contribution in [-0.4, -0.2) is 32.5 Å². The number of sulfonamides is 1. The Morgan fingerprint density at radius 2 is 1.83 bits per heavy atom. The van der Waals surface area contributed by atoms with E-state index in [9.17, 15) is 18.0 Å². The highest BCUT2D eigenvalue weighted by Crippen LogP contribution is 2.32. The van der Waals surface area contributed by atoms with E-state index in [1.165, 1.54) is 31.4 Å². The van der Waals surface area contributed by atoms with Crippen molar-refractivity contribution >= 4 is 60.5 Å². The number of amides is 1. The van der Waals surface area contributed by atoms with Crippen LogP contribution in [0.2, 0.25) is 5.02 Å². The Bertz CT molecular complexity index is 1590. The number of carbonyl (C=O) groups is 1. The number of methoxy groups -OCH3 is 1. The number of aryl methyl sites for hydroxylation is 2. The van der Waals surface area contributed by atoms with E-state index in [1.54, 1.807) is 41.0 Å². The Morgan fingerprint density at radius 3 is 2.47 bits per heavy atom. The molecule has 36 heavy (non-hydrogen) atoms. The molecule has 0 bridgehead atoms. The predicted molar refractivity (Wildman–Crippen MR) is 144 cm³/mol. The number of anilines is 2. The molecule has 0 aliphatic heterocycles. The standard InChI is InChI=1S/C25H24ClN3O5S2/c1-4-28-21-11-7-17(13-23(21)35-25(28)31)27-24(30)15-29(18-8-12-22(34-3)20(26)14-18)36(32,33)19-9-5-16(2)6-10-19/h5-14H,4,15H2,1-3H3,(H,27,30). The molecule has 1 heterocycles. The van der Waals surface area contributed by atoms with Gasteiger partial charge in [0.05, 0.1) is 32.9 Å². The van der Waals surface area contributed by atoms with Crippen LogP contribution in [0.4, 0.5) is 11.4 Å². The second-order valence-corrected chi connectivity index (χ2v) is 11.2. The molecule has 11 heteroatoms. The first-order valence-electron chi connectivity index (χ1n) is 11.0. The van der Waals surface area contributed by atoms with E-state index in [2.05, 4.69) is 5.32 Å². The van der Waals surface area contributed by atoms with Gasteiger partial charge in [-0.3, -0.25) is 18.5 Å². The van der Waals surface area contributed by atoms with Gasteiger partial charge in [-0.15, -0.1) is 0 Å². The third kappa shape index (κ3) is 5.11. The lowest BCUT2D eigenvalue weighted by Gasteiger charge is -2.24.